The van der Waals surface area contributed by atoms with Crippen LogP contribution in [0.3, 0.4) is 0 Å². The third kappa shape index (κ3) is 3.55. The lowest BCUT2D eigenvalue weighted by Crippen LogP contribution is -2.41. The maximum atomic E-state index is 13.2. The minimum atomic E-state index is -4.72. The van der Waals surface area contributed by atoms with Crippen LogP contribution >= 0.6 is 15.9 Å². The van der Waals surface area contributed by atoms with Crippen LogP contribution < -0.4 is 4.74 Å². The number of hydrogen-bond donors (Lipinski definition) is 0. The highest BCUT2D eigenvalue weighted by atomic mass is 79.9. The van der Waals surface area contributed by atoms with E-state index in [0.717, 1.165) is 18.2 Å². The third-order valence-corrected chi connectivity index (χ3v) is 3.69. The zero-order valence-corrected chi connectivity index (χ0v) is 14.4. The van der Waals surface area contributed by atoms with Crippen molar-refractivity contribution < 1.29 is 37.0 Å². The lowest BCUT2D eigenvalue weighted by Gasteiger charge is -2.30. The van der Waals surface area contributed by atoms with Crippen molar-refractivity contribution in [2.75, 3.05) is 7.11 Å². The van der Waals surface area contributed by atoms with Crippen LogP contribution in [-0.2, 0) is 25.2 Å². The molecule has 0 aliphatic carbocycles. The summed E-state index contributed by atoms with van der Waals surface area (Å²) in [5.74, 6) is -3.82. The van der Waals surface area contributed by atoms with E-state index in [4.69, 9.17) is 14.2 Å². The van der Waals surface area contributed by atoms with Gasteiger partial charge in [0, 0.05) is 19.4 Å². The zero-order chi connectivity index (χ0) is 18.3. The highest BCUT2D eigenvalue weighted by molar-refractivity contribution is 9.10. The van der Waals surface area contributed by atoms with Crippen molar-refractivity contribution in [3.05, 3.63) is 33.3 Å². The summed E-state index contributed by atoms with van der Waals surface area (Å²) in [5, 5.41) is 0. The van der Waals surface area contributed by atoms with Crippen LogP contribution in [0, 0.1) is 0 Å². The van der Waals surface area contributed by atoms with Gasteiger partial charge >= 0.3 is 18.1 Å². The molecule has 130 valence electrons. The number of benzene rings is 1. The Morgan fingerprint density at radius 3 is 2.17 bits per heavy atom. The average molecular weight is 409 g/mol. The van der Waals surface area contributed by atoms with Gasteiger partial charge in [-0.05, 0) is 34.1 Å². The van der Waals surface area contributed by atoms with Gasteiger partial charge in [0.1, 0.15) is 11.3 Å². The first kappa shape index (κ1) is 18.3. The summed E-state index contributed by atoms with van der Waals surface area (Å²) in [7, 11) is 1.17. The quantitative estimate of drug-likeness (QED) is 0.424. The Morgan fingerprint density at radius 1 is 1.17 bits per heavy atom. The fourth-order valence-corrected chi connectivity index (χ4v) is 2.60. The van der Waals surface area contributed by atoms with Crippen LogP contribution in [0.2, 0.25) is 0 Å². The van der Waals surface area contributed by atoms with Crippen LogP contribution in [0.5, 0.6) is 5.75 Å². The summed E-state index contributed by atoms with van der Waals surface area (Å²) in [6.07, 6.45) is -3.96. The van der Waals surface area contributed by atoms with Crippen molar-refractivity contribution in [1.82, 2.24) is 0 Å². The van der Waals surface area contributed by atoms with Gasteiger partial charge in [-0.15, -0.1) is 0 Å². The van der Waals surface area contributed by atoms with Gasteiger partial charge in [0.15, 0.2) is 0 Å². The SMILES string of the molecule is COc1c(Br)ccc(C(F)(F)F)c1C=C1C(=O)OC(C)(C)OC1=O. The molecule has 1 aromatic carbocycles. The molecule has 0 radical (unpaired) electrons. The fraction of sp³-hybridized carbons (Fsp3) is 0.333. The van der Waals surface area contributed by atoms with Crippen LogP contribution in [0.25, 0.3) is 6.08 Å². The summed E-state index contributed by atoms with van der Waals surface area (Å²) in [5.41, 5.74) is -2.21. The normalized spacial score (nSPS) is 17.2. The van der Waals surface area contributed by atoms with Gasteiger partial charge in [0.2, 0.25) is 0 Å². The Hall–Kier alpha value is -2.03. The highest BCUT2D eigenvalue weighted by Crippen LogP contribution is 2.41. The molecule has 0 atom stereocenters. The Bertz CT molecular complexity index is 715. The van der Waals surface area contributed by atoms with E-state index in [9.17, 15) is 22.8 Å². The molecule has 0 unspecified atom stereocenters. The molecule has 1 aromatic rings. The molecule has 0 amide bonds. The molecule has 0 aromatic heterocycles. The topological polar surface area (TPSA) is 61.8 Å². The first-order chi connectivity index (χ1) is 11.0. The van der Waals surface area contributed by atoms with Gasteiger partial charge in [-0.3, -0.25) is 0 Å². The molecule has 0 saturated carbocycles. The summed E-state index contributed by atoms with van der Waals surface area (Å²) >= 11 is 3.07. The van der Waals surface area contributed by atoms with Gasteiger partial charge in [-0.25, -0.2) is 9.59 Å². The van der Waals surface area contributed by atoms with E-state index in [1.807, 2.05) is 0 Å². The van der Waals surface area contributed by atoms with Crippen LogP contribution in [0.4, 0.5) is 13.2 Å². The minimum Gasteiger partial charge on any atom is -0.495 e. The number of cyclic esters (lactones) is 2. The van der Waals surface area contributed by atoms with Gasteiger partial charge < -0.3 is 14.2 Å². The average Bonchev–Trinajstić information content (AvgIpc) is 2.40. The van der Waals surface area contributed by atoms with Crippen molar-refractivity contribution >= 4 is 33.9 Å². The number of alkyl halides is 3. The number of hydrogen-bond acceptors (Lipinski definition) is 5. The van der Waals surface area contributed by atoms with Crippen molar-refractivity contribution in [2.45, 2.75) is 25.8 Å². The van der Waals surface area contributed by atoms with Gasteiger partial charge in [0.25, 0.3) is 5.79 Å². The van der Waals surface area contributed by atoms with Gasteiger partial charge in [0.05, 0.1) is 17.1 Å². The number of methoxy groups -OCH3 is 1. The monoisotopic (exact) mass is 408 g/mol. The Kier molecular flexibility index (Phi) is 4.67. The molecule has 5 nitrogen and oxygen atoms in total. The smallest absolute Gasteiger partial charge is 0.417 e. The van der Waals surface area contributed by atoms with Crippen LogP contribution in [0.1, 0.15) is 25.0 Å². The summed E-state index contributed by atoms with van der Waals surface area (Å²) < 4.78 is 54.6. The van der Waals surface area contributed by atoms with E-state index in [1.165, 1.54) is 21.0 Å². The van der Waals surface area contributed by atoms with Crippen molar-refractivity contribution in [1.29, 1.82) is 0 Å². The molecule has 2 rings (SSSR count). The molecular weight excluding hydrogens is 397 g/mol. The molecule has 1 aliphatic heterocycles. The second-order valence-corrected chi connectivity index (χ2v) is 6.13. The van der Waals surface area contributed by atoms with E-state index in [-0.39, 0.29) is 10.2 Å². The molecule has 0 spiro atoms. The van der Waals surface area contributed by atoms with Crippen molar-refractivity contribution in [3.63, 3.8) is 0 Å². The molecule has 9 heteroatoms. The zero-order valence-electron chi connectivity index (χ0n) is 12.8. The number of esters is 2. The number of carbonyl (C=O) groups excluding carboxylic acids is 2. The highest BCUT2D eigenvalue weighted by Gasteiger charge is 2.40. The molecule has 0 bridgehead atoms. The van der Waals surface area contributed by atoms with E-state index in [2.05, 4.69) is 15.9 Å². The van der Waals surface area contributed by atoms with Gasteiger partial charge in [-0.1, -0.05) is 0 Å². The predicted molar refractivity (Wildman–Crippen MR) is 79.9 cm³/mol. The molecule has 0 N–H and O–H groups in total. The maximum absolute atomic E-state index is 13.2. The van der Waals surface area contributed by atoms with E-state index >= 15 is 0 Å². The molecule has 1 fully saturated rings. The Morgan fingerprint density at radius 2 is 1.71 bits per heavy atom. The van der Waals surface area contributed by atoms with E-state index in [1.54, 1.807) is 0 Å². The Balaban J connectivity index is 2.66. The van der Waals surface area contributed by atoms with Crippen molar-refractivity contribution in [2.24, 2.45) is 0 Å². The summed E-state index contributed by atoms with van der Waals surface area (Å²) in [4.78, 5) is 23.9. The number of rotatable bonds is 2. The van der Waals surface area contributed by atoms with Gasteiger partial charge in [-0.2, -0.15) is 13.2 Å². The number of halogens is 4. The fourth-order valence-electron chi connectivity index (χ4n) is 2.09. The maximum Gasteiger partial charge on any atom is 0.417 e. The number of carbonyl (C=O) groups is 2. The van der Waals surface area contributed by atoms with Crippen LogP contribution in [0.15, 0.2) is 22.2 Å². The molecule has 24 heavy (non-hydrogen) atoms. The van der Waals surface area contributed by atoms with Crippen LogP contribution in [-0.4, -0.2) is 24.8 Å². The summed E-state index contributed by atoms with van der Waals surface area (Å²) in [6, 6.07) is 1.96. The second-order valence-electron chi connectivity index (χ2n) is 5.28. The molecule has 1 saturated heterocycles. The molecule has 1 aliphatic rings. The second kappa shape index (κ2) is 6.12. The van der Waals surface area contributed by atoms with E-state index in [0.29, 0.717) is 0 Å². The molecule has 1 heterocycles. The largest absolute Gasteiger partial charge is 0.495 e. The predicted octanol–water partition coefficient (Wildman–Crippen LogP) is 3.70. The lowest BCUT2D eigenvalue weighted by molar-refractivity contribution is -0.222. The van der Waals surface area contributed by atoms with E-state index < -0.39 is 40.6 Å². The minimum absolute atomic E-state index is 0.178. The first-order valence-corrected chi connectivity index (χ1v) is 7.37. The number of ether oxygens (including phenoxy) is 3. The van der Waals surface area contributed by atoms with Crippen molar-refractivity contribution in [3.8, 4) is 5.75 Å². The Labute approximate surface area is 143 Å². The summed E-state index contributed by atoms with van der Waals surface area (Å²) in [6.45, 7) is 2.67. The standard InChI is InChI=1S/C15H12BrF3O5/c1-14(2)23-12(20)8(13(21)24-14)6-7-9(15(17,18)19)4-5-10(16)11(7)22-3/h4-6H,1-3H3. The third-order valence-electron chi connectivity index (χ3n) is 3.06. The molecular formula is C15H12BrF3O5. The lowest BCUT2D eigenvalue weighted by atomic mass is 10.0. The first-order valence-electron chi connectivity index (χ1n) is 6.58.